The van der Waals surface area contributed by atoms with Crippen molar-refractivity contribution in [3.8, 4) is 11.4 Å². The third-order valence-corrected chi connectivity index (χ3v) is 4.83. The molecule has 0 aliphatic rings. The van der Waals surface area contributed by atoms with Gasteiger partial charge in [0.25, 0.3) is 0 Å². The van der Waals surface area contributed by atoms with Crippen molar-refractivity contribution in [2.24, 2.45) is 5.73 Å². The quantitative estimate of drug-likeness (QED) is 0.516. The zero-order valence-electron chi connectivity index (χ0n) is 16.3. The standard InChI is InChI=1S/C22H20N6O2/c1-14(18-8-4-6-15-5-2-3-7-19(15)18)24-20(29)13-28-26-22(25-27-28)17-11-9-16(10-12-17)21(23)30/h2-12,14H,13H2,1H3,(H2,23,30)(H,24,29)/t14-/m0/s1. The van der Waals surface area contributed by atoms with E-state index in [0.717, 1.165) is 16.3 Å². The molecule has 150 valence electrons. The normalized spacial score (nSPS) is 11.9. The van der Waals surface area contributed by atoms with E-state index < -0.39 is 5.91 Å². The van der Waals surface area contributed by atoms with E-state index in [0.29, 0.717) is 17.0 Å². The van der Waals surface area contributed by atoms with Crippen molar-refractivity contribution < 1.29 is 9.59 Å². The molecule has 0 saturated heterocycles. The van der Waals surface area contributed by atoms with Crippen LogP contribution in [0.2, 0.25) is 0 Å². The molecule has 2 amide bonds. The number of benzene rings is 3. The minimum absolute atomic E-state index is 0.0541. The predicted molar refractivity (Wildman–Crippen MR) is 112 cm³/mol. The van der Waals surface area contributed by atoms with Crippen molar-refractivity contribution in [2.75, 3.05) is 0 Å². The third-order valence-electron chi connectivity index (χ3n) is 4.83. The molecule has 1 aromatic heterocycles. The molecule has 4 aromatic rings. The lowest BCUT2D eigenvalue weighted by molar-refractivity contribution is -0.122. The number of carbonyl (C=O) groups excluding carboxylic acids is 2. The average Bonchev–Trinajstić information content (AvgIpc) is 3.21. The van der Waals surface area contributed by atoms with Gasteiger partial charge in [-0.2, -0.15) is 4.80 Å². The Morgan fingerprint density at radius 2 is 1.77 bits per heavy atom. The first-order chi connectivity index (χ1) is 14.5. The summed E-state index contributed by atoms with van der Waals surface area (Å²) in [7, 11) is 0. The number of rotatable bonds is 6. The lowest BCUT2D eigenvalue weighted by atomic mass is 10.00. The van der Waals surface area contributed by atoms with Gasteiger partial charge >= 0.3 is 0 Å². The van der Waals surface area contributed by atoms with Crippen molar-refractivity contribution in [3.63, 3.8) is 0 Å². The minimum Gasteiger partial charge on any atom is -0.366 e. The number of fused-ring (bicyclic) bond motifs is 1. The number of nitrogens with two attached hydrogens (primary N) is 1. The Morgan fingerprint density at radius 3 is 2.53 bits per heavy atom. The zero-order chi connectivity index (χ0) is 21.1. The fraction of sp³-hybridized carbons (Fsp3) is 0.136. The lowest BCUT2D eigenvalue weighted by Gasteiger charge is -2.16. The van der Waals surface area contributed by atoms with Gasteiger partial charge in [0, 0.05) is 11.1 Å². The highest BCUT2D eigenvalue weighted by atomic mass is 16.2. The average molecular weight is 400 g/mol. The van der Waals surface area contributed by atoms with E-state index >= 15 is 0 Å². The molecule has 30 heavy (non-hydrogen) atoms. The Hall–Kier alpha value is -4.07. The van der Waals surface area contributed by atoms with E-state index in [1.54, 1.807) is 24.3 Å². The molecule has 0 unspecified atom stereocenters. The van der Waals surface area contributed by atoms with Crippen molar-refractivity contribution in [3.05, 3.63) is 77.9 Å². The molecule has 0 radical (unpaired) electrons. The number of primary amides is 1. The second-order valence-corrected chi connectivity index (χ2v) is 6.94. The summed E-state index contributed by atoms with van der Waals surface area (Å²) in [5.74, 6) is -0.362. The number of nitrogens with one attached hydrogen (secondary N) is 1. The van der Waals surface area contributed by atoms with E-state index in [9.17, 15) is 9.59 Å². The van der Waals surface area contributed by atoms with Crippen LogP contribution in [0.3, 0.4) is 0 Å². The van der Waals surface area contributed by atoms with Crippen molar-refractivity contribution >= 4 is 22.6 Å². The highest BCUT2D eigenvalue weighted by molar-refractivity contribution is 5.93. The highest BCUT2D eigenvalue weighted by Gasteiger charge is 2.14. The van der Waals surface area contributed by atoms with Gasteiger partial charge in [0.15, 0.2) is 0 Å². The molecule has 8 heteroatoms. The van der Waals surface area contributed by atoms with E-state index in [4.69, 9.17) is 5.73 Å². The molecule has 8 nitrogen and oxygen atoms in total. The molecule has 1 heterocycles. The monoisotopic (exact) mass is 400 g/mol. The van der Waals surface area contributed by atoms with Gasteiger partial charge in [0.1, 0.15) is 6.54 Å². The van der Waals surface area contributed by atoms with Crippen LogP contribution < -0.4 is 11.1 Å². The summed E-state index contributed by atoms with van der Waals surface area (Å²) in [4.78, 5) is 24.9. The number of carbonyl (C=O) groups is 2. The van der Waals surface area contributed by atoms with Gasteiger partial charge in [0.2, 0.25) is 17.6 Å². The molecule has 0 bridgehead atoms. The van der Waals surface area contributed by atoms with Crippen molar-refractivity contribution in [1.82, 2.24) is 25.5 Å². The summed E-state index contributed by atoms with van der Waals surface area (Å²) in [6, 6.07) is 20.5. The number of tetrazole rings is 1. The summed E-state index contributed by atoms with van der Waals surface area (Å²) in [6.45, 7) is 1.89. The van der Waals surface area contributed by atoms with Crippen LogP contribution in [-0.2, 0) is 11.3 Å². The smallest absolute Gasteiger partial charge is 0.248 e. The van der Waals surface area contributed by atoms with Gasteiger partial charge in [-0.1, -0.05) is 54.6 Å². The number of hydrogen-bond acceptors (Lipinski definition) is 5. The van der Waals surface area contributed by atoms with Gasteiger partial charge in [-0.3, -0.25) is 9.59 Å². The molecular formula is C22H20N6O2. The Labute approximate surface area is 172 Å². The van der Waals surface area contributed by atoms with Crippen LogP contribution in [0, 0.1) is 0 Å². The maximum absolute atomic E-state index is 12.5. The second kappa shape index (κ2) is 8.12. The first-order valence-electron chi connectivity index (χ1n) is 9.46. The SMILES string of the molecule is C[C@H](NC(=O)Cn1nnc(-c2ccc(C(N)=O)cc2)n1)c1cccc2ccccc12. The van der Waals surface area contributed by atoms with Crippen LogP contribution in [0.15, 0.2) is 66.7 Å². The first kappa shape index (κ1) is 19.3. The van der Waals surface area contributed by atoms with Crippen LogP contribution in [-0.4, -0.2) is 32.0 Å². The summed E-state index contributed by atoms with van der Waals surface area (Å²) < 4.78 is 0. The molecule has 0 saturated carbocycles. The lowest BCUT2D eigenvalue weighted by Crippen LogP contribution is -2.31. The van der Waals surface area contributed by atoms with E-state index in [-0.39, 0.29) is 18.5 Å². The molecule has 1 atom stereocenters. The summed E-state index contributed by atoms with van der Waals surface area (Å²) >= 11 is 0. The van der Waals surface area contributed by atoms with Gasteiger partial charge in [-0.15, -0.1) is 10.2 Å². The molecular weight excluding hydrogens is 380 g/mol. The zero-order valence-corrected chi connectivity index (χ0v) is 16.3. The molecule has 0 aliphatic heterocycles. The van der Waals surface area contributed by atoms with Crippen LogP contribution in [0.25, 0.3) is 22.2 Å². The highest BCUT2D eigenvalue weighted by Crippen LogP contribution is 2.24. The molecule has 3 N–H and O–H groups in total. The molecule has 0 fully saturated rings. The molecule has 0 aliphatic carbocycles. The number of amides is 2. The Morgan fingerprint density at radius 1 is 1.03 bits per heavy atom. The Bertz CT molecular complexity index is 1210. The van der Waals surface area contributed by atoms with Crippen LogP contribution in [0.1, 0.15) is 28.9 Å². The largest absolute Gasteiger partial charge is 0.366 e. The summed E-state index contributed by atoms with van der Waals surface area (Å²) in [6.07, 6.45) is 0. The fourth-order valence-electron chi connectivity index (χ4n) is 3.33. The predicted octanol–water partition coefficient (Wildman–Crippen LogP) is 2.47. The Balaban J connectivity index is 1.43. The number of hydrogen-bond donors (Lipinski definition) is 2. The molecule has 3 aromatic carbocycles. The van der Waals surface area contributed by atoms with E-state index in [1.165, 1.54) is 4.80 Å². The van der Waals surface area contributed by atoms with E-state index in [1.807, 2.05) is 49.4 Å². The number of nitrogens with zero attached hydrogens (tertiary/aromatic N) is 4. The maximum Gasteiger partial charge on any atom is 0.248 e. The van der Waals surface area contributed by atoms with Crippen molar-refractivity contribution in [2.45, 2.75) is 19.5 Å². The molecule has 4 rings (SSSR count). The van der Waals surface area contributed by atoms with Crippen LogP contribution >= 0.6 is 0 Å². The van der Waals surface area contributed by atoms with Crippen LogP contribution in [0.4, 0.5) is 0 Å². The van der Waals surface area contributed by atoms with Gasteiger partial charge in [0.05, 0.1) is 6.04 Å². The van der Waals surface area contributed by atoms with Gasteiger partial charge in [-0.25, -0.2) is 0 Å². The molecule has 0 spiro atoms. The van der Waals surface area contributed by atoms with Crippen LogP contribution in [0.5, 0.6) is 0 Å². The van der Waals surface area contributed by atoms with Crippen molar-refractivity contribution in [1.29, 1.82) is 0 Å². The van der Waals surface area contributed by atoms with E-state index in [2.05, 4.69) is 20.7 Å². The summed E-state index contributed by atoms with van der Waals surface area (Å²) in [5, 5.41) is 17.4. The van der Waals surface area contributed by atoms with Gasteiger partial charge in [-0.05, 0) is 40.6 Å². The Kier molecular flexibility index (Phi) is 5.21. The second-order valence-electron chi connectivity index (χ2n) is 6.94. The topological polar surface area (TPSA) is 116 Å². The maximum atomic E-state index is 12.5. The van der Waals surface area contributed by atoms with Gasteiger partial charge < -0.3 is 11.1 Å². The summed E-state index contributed by atoms with van der Waals surface area (Å²) in [5.41, 5.74) is 7.36. The number of aromatic nitrogens is 4. The minimum atomic E-state index is -0.504. The first-order valence-corrected chi connectivity index (χ1v) is 9.46. The third kappa shape index (κ3) is 4.02. The fourth-order valence-corrected chi connectivity index (χ4v) is 3.33.